The number of halogens is 4. The molecule has 1 aromatic carbocycles. The van der Waals surface area contributed by atoms with E-state index in [-0.39, 0.29) is 11.5 Å². The number of amidine groups is 1. The minimum atomic E-state index is -1.91. The topological polar surface area (TPSA) is 65.0 Å². The second kappa shape index (κ2) is 7.31. The van der Waals surface area contributed by atoms with Crippen molar-refractivity contribution < 1.29 is 14.0 Å². The van der Waals surface area contributed by atoms with Crippen molar-refractivity contribution in [3.63, 3.8) is 0 Å². The molecule has 0 aliphatic carbocycles. The van der Waals surface area contributed by atoms with Gasteiger partial charge in [-0.2, -0.15) is 0 Å². The van der Waals surface area contributed by atoms with E-state index >= 15 is 0 Å². The van der Waals surface area contributed by atoms with E-state index in [1.54, 1.807) is 0 Å². The number of nitrogens with zero attached hydrogens (tertiary/aromatic N) is 3. The Morgan fingerprint density at radius 2 is 1.73 bits per heavy atom. The number of benzene rings is 1. The molecule has 1 heterocycles. The number of aliphatic imine (C=N–C) groups is 1. The van der Waals surface area contributed by atoms with Crippen LogP contribution in [-0.4, -0.2) is 45.2 Å². The van der Waals surface area contributed by atoms with Gasteiger partial charge in [0.25, 0.3) is 5.91 Å². The zero-order valence-electron chi connectivity index (χ0n) is 14.6. The normalized spacial score (nSPS) is 18.8. The molecule has 142 valence electrons. The third-order valence-electron chi connectivity index (χ3n) is 3.41. The molecule has 1 saturated heterocycles. The molecule has 0 radical (unpaired) electrons. The van der Waals surface area contributed by atoms with Gasteiger partial charge in [-0.05, 0) is 32.9 Å². The van der Waals surface area contributed by atoms with Crippen molar-refractivity contribution >= 4 is 58.3 Å². The van der Waals surface area contributed by atoms with Crippen molar-refractivity contribution in [2.45, 2.75) is 36.3 Å². The molecule has 0 spiro atoms. The summed E-state index contributed by atoms with van der Waals surface area (Å²) in [5, 5.41) is 2.97. The number of carbonyl (C=O) groups is 2. The Morgan fingerprint density at radius 1 is 1.15 bits per heavy atom. The monoisotopic (exact) mass is 422 g/mol. The SMILES string of the molecule is CN1C(=O)C(=NC(NC(C)(C)C)C(Cl)(Cl)Cl)N(c2ccccc2F)C1=O. The quantitative estimate of drug-likeness (QED) is 0.595. The standard InChI is InChI=1S/C16H18Cl3FN4O2/c1-15(2,3)22-13(16(17,18)19)21-11-12(25)23(4)14(26)24(11)10-8-6-5-7-9(10)20/h5-8,13,22H,1-4H3. The number of rotatable bonds is 3. The van der Waals surface area contributed by atoms with Crippen LogP contribution in [0.3, 0.4) is 0 Å². The molecule has 10 heteroatoms. The molecule has 1 aliphatic heterocycles. The number of hydrogen-bond donors (Lipinski definition) is 1. The maximum atomic E-state index is 14.2. The zero-order chi connectivity index (χ0) is 19.9. The maximum Gasteiger partial charge on any atom is 0.337 e. The lowest BCUT2D eigenvalue weighted by atomic mass is 10.1. The average Bonchev–Trinajstić information content (AvgIpc) is 2.70. The van der Waals surface area contributed by atoms with Gasteiger partial charge in [0.05, 0.1) is 5.69 Å². The van der Waals surface area contributed by atoms with E-state index < -0.39 is 33.3 Å². The highest BCUT2D eigenvalue weighted by molar-refractivity contribution is 6.68. The molecule has 0 bridgehead atoms. The Kier molecular flexibility index (Phi) is 5.87. The largest absolute Gasteiger partial charge is 0.337 e. The lowest BCUT2D eigenvalue weighted by Gasteiger charge is -2.30. The van der Waals surface area contributed by atoms with E-state index in [4.69, 9.17) is 34.8 Å². The van der Waals surface area contributed by atoms with Crippen LogP contribution in [0.2, 0.25) is 0 Å². The first-order valence-electron chi connectivity index (χ1n) is 7.62. The number of hydrogen-bond acceptors (Lipinski definition) is 4. The van der Waals surface area contributed by atoms with Crippen LogP contribution in [0, 0.1) is 5.82 Å². The molecular formula is C16H18Cl3FN4O2. The zero-order valence-corrected chi connectivity index (χ0v) is 16.8. The summed E-state index contributed by atoms with van der Waals surface area (Å²) in [6.07, 6.45) is -1.15. The number of para-hydroxylation sites is 1. The molecular weight excluding hydrogens is 406 g/mol. The first-order valence-corrected chi connectivity index (χ1v) is 8.75. The van der Waals surface area contributed by atoms with E-state index in [9.17, 15) is 14.0 Å². The van der Waals surface area contributed by atoms with Gasteiger partial charge in [0.1, 0.15) is 12.0 Å². The molecule has 3 amide bonds. The molecule has 1 N–H and O–H groups in total. The predicted octanol–water partition coefficient (Wildman–Crippen LogP) is 3.71. The smallest absolute Gasteiger partial charge is 0.287 e. The molecule has 1 fully saturated rings. The fourth-order valence-corrected chi connectivity index (χ4v) is 2.57. The van der Waals surface area contributed by atoms with Crippen molar-refractivity contribution in [1.82, 2.24) is 10.2 Å². The number of anilines is 1. The van der Waals surface area contributed by atoms with Crippen molar-refractivity contribution in [3.8, 4) is 0 Å². The minimum absolute atomic E-state index is 0.118. The van der Waals surface area contributed by atoms with E-state index in [1.807, 2.05) is 20.8 Å². The number of amides is 3. The number of imide groups is 1. The first kappa shape index (κ1) is 20.9. The predicted molar refractivity (Wildman–Crippen MR) is 101 cm³/mol. The number of nitrogens with one attached hydrogen (secondary N) is 1. The van der Waals surface area contributed by atoms with Gasteiger partial charge in [-0.15, -0.1) is 0 Å². The summed E-state index contributed by atoms with van der Waals surface area (Å²) < 4.78 is 12.3. The number of alkyl halides is 3. The molecule has 26 heavy (non-hydrogen) atoms. The average molecular weight is 424 g/mol. The molecule has 0 saturated carbocycles. The molecule has 2 rings (SSSR count). The third-order valence-corrected chi connectivity index (χ3v) is 4.03. The van der Waals surface area contributed by atoms with Crippen LogP contribution in [0.4, 0.5) is 14.9 Å². The summed E-state index contributed by atoms with van der Waals surface area (Å²) in [7, 11) is 1.27. The van der Waals surface area contributed by atoms with Gasteiger partial charge in [0, 0.05) is 12.6 Å². The fourth-order valence-electron chi connectivity index (χ4n) is 2.26. The Balaban J connectivity index is 2.57. The Bertz CT molecular complexity index is 759. The van der Waals surface area contributed by atoms with Gasteiger partial charge in [-0.25, -0.2) is 19.1 Å². The molecule has 1 aromatic rings. The summed E-state index contributed by atoms with van der Waals surface area (Å²) in [6, 6.07) is 4.77. The van der Waals surface area contributed by atoms with Crippen LogP contribution in [-0.2, 0) is 4.79 Å². The summed E-state index contributed by atoms with van der Waals surface area (Å²) in [5.41, 5.74) is -0.633. The molecule has 1 atom stereocenters. The summed E-state index contributed by atoms with van der Waals surface area (Å²) in [6.45, 7) is 5.46. The summed E-state index contributed by atoms with van der Waals surface area (Å²) in [5.74, 6) is -1.75. The maximum absolute atomic E-state index is 14.2. The van der Waals surface area contributed by atoms with E-state index in [0.29, 0.717) is 0 Å². The van der Waals surface area contributed by atoms with Gasteiger partial charge >= 0.3 is 6.03 Å². The Labute approximate surface area is 165 Å². The van der Waals surface area contributed by atoms with Gasteiger partial charge in [-0.1, -0.05) is 46.9 Å². The minimum Gasteiger partial charge on any atom is -0.287 e. The second-order valence-electron chi connectivity index (χ2n) is 6.72. The van der Waals surface area contributed by atoms with Crippen LogP contribution in [0.25, 0.3) is 0 Å². The molecule has 0 aromatic heterocycles. The third kappa shape index (κ3) is 4.46. The summed E-state index contributed by atoms with van der Waals surface area (Å²) in [4.78, 5) is 30.8. The fraction of sp³-hybridized carbons (Fsp3) is 0.438. The lowest BCUT2D eigenvalue weighted by molar-refractivity contribution is -0.119. The van der Waals surface area contributed by atoms with Crippen LogP contribution in [0.5, 0.6) is 0 Å². The van der Waals surface area contributed by atoms with E-state index in [0.717, 1.165) is 9.80 Å². The van der Waals surface area contributed by atoms with Crippen molar-refractivity contribution in [1.29, 1.82) is 0 Å². The summed E-state index contributed by atoms with van der Waals surface area (Å²) >= 11 is 18.0. The van der Waals surface area contributed by atoms with E-state index in [1.165, 1.54) is 31.3 Å². The first-order chi connectivity index (χ1) is 11.8. The Hall–Kier alpha value is -1.41. The number of carbonyl (C=O) groups excluding carboxylic acids is 2. The number of likely N-dealkylation sites (N-methyl/N-ethyl adjacent to an activating group) is 1. The van der Waals surface area contributed by atoms with Crippen molar-refractivity contribution in [2.75, 3.05) is 11.9 Å². The highest BCUT2D eigenvalue weighted by atomic mass is 35.6. The molecule has 1 unspecified atom stereocenters. The highest BCUT2D eigenvalue weighted by Crippen LogP contribution is 2.33. The van der Waals surface area contributed by atoms with Gasteiger partial charge < -0.3 is 0 Å². The van der Waals surface area contributed by atoms with Gasteiger partial charge in [0.2, 0.25) is 9.63 Å². The van der Waals surface area contributed by atoms with E-state index in [2.05, 4.69) is 10.3 Å². The lowest BCUT2D eigenvalue weighted by Crippen LogP contribution is -2.50. The van der Waals surface area contributed by atoms with Crippen molar-refractivity contribution in [2.24, 2.45) is 4.99 Å². The molecule has 6 nitrogen and oxygen atoms in total. The van der Waals surface area contributed by atoms with Gasteiger partial charge in [0.15, 0.2) is 0 Å². The van der Waals surface area contributed by atoms with Crippen LogP contribution in [0.1, 0.15) is 20.8 Å². The highest BCUT2D eigenvalue weighted by Gasteiger charge is 2.45. The number of urea groups is 1. The molecule has 1 aliphatic rings. The Morgan fingerprint density at radius 3 is 2.23 bits per heavy atom. The second-order valence-corrected chi connectivity index (χ2v) is 9.09. The van der Waals surface area contributed by atoms with Crippen LogP contribution >= 0.6 is 34.8 Å². The van der Waals surface area contributed by atoms with Crippen LogP contribution in [0.15, 0.2) is 29.3 Å². The van der Waals surface area contributed by atoms with Gasteiger partial charge in [-0.3, -0.25) is 15.0 Å². The van der Waals surface area contributed by atoms with Crippen LogP contribution < -0.4 is 10.2 Å². The van der Waals surface area contributed by atoms with Crippen molar-refractivity contribution in [3.05, 3.63) is 30.1 Å².